The second-order valence-corrected chi connectivity index (χ2v) is 9.74. The summed E-state index contributed by atoms with van der Waals surface area (Å²) in [5.41, 5.74) is 3.18. The molecule has 3 atom stereocenters. The average molecular weight is 600 g/mol. The number of aliphatic imine (C=N–C) groups is 1. The van der Waals surface area contributed by atoms with Crippen LogP contribution in [0.1, 0.15) is 5.56 Å². The number of hydrogen-bond donors (Lipinski definition) is 4. The number of phenols is 1. The normalized spacial score (nSPS) is 20.3. The molecule has 2 aromatic carbocycles. The van der Waals surface area contributed by atoms with Gasteiger partial charge in [-0.2, -0.15) is 5.10 Å². The number of carbonyl (C=O) groups excluding carboxylic acids is 2. The first-order valence-corrected chi connectivity index (χ1v) is 12.1. The number of likely N-dealkylation sites (N-methyl/N-ethyl adjacent to an activating group) is 1. The van der Waals surface area contributed by atoms with Crippen LogP contribution in [0.4, 0.5) is 4.79 Å². The number of guanidine groups is 1. The van der Waals surface area contributed by atoms with Gasteiger partial charge >= 0.3 is 6.03 Å². The molecule has 2 aromatic rings. The number of nitrogens with zero attached hydrogens (tertiary/aromatic N) is 4. The summed E-state index contributed by atoms with van der Waals surface area (Å²) in [6.07, 6.45) is -0.529. The van der Waals surface area contributed by atoms with E-state index in [1.807, 2.05) is 0 Å². The first-order chi connectivity index (χ1) is 17.1. The molecule has 11 nitrogen and oxygen atoms in total. The van der Waals surface area contributed by atoms with Crippen LogP contribution in [-0.2, 0) is 4.79 Å². The molecule has 2 aliphatic heterocycles. The summed E-state index contributed by atoms with van der Waals surface area (Å²) in [6.45, 7) is -0.223. The molecule has 0 saturated carbocycles. The molecule has 1 fully saturated rings. The minimum Gasteiger partial charge on any atom is -0.507 e. The highest BCUT2D eigenvalue weighted by atomic mass is 79.9. The summed E-state index contributed by atoms with van der Waals surface area (Å²) in [5, 5.41) is 27.8. The first-order valence-electron chi connectivity index (χ1n) is 10.6. The van der Waals surface area contributed by atoms with Gasteiger partial charge in [-0.3, -0.25) is 10.1 Å². The lowest BCUT2D eigenvalue weighted by Gasteiger charge is -2.36. The van der Waals surface area contributed by atoms with E-state index in [1.54, 1.807) is 24.3 Å². The number of benzene rings is 2. The molecule has 190 valence electrons. The van der Waals surface area contributed by atoms with Gasteiger partial charge in [0.1, 0.15) is 24.2 Å². The molecular weight excluding hydrogens is 579 g/mol. The molecule has 36 heavy (non-hydrogen) atoms. The highest BCUT2D eigenvalue weighted by molar-refractivity contribution is 9.10. The number of amides is 3. The Labute approximate surface area is 224 Å². The van der Waals surface area contributed by atoms with E-state index in [2.05, 4.69) is 36.8 Å². The zero-order valence-corrected chi connectivity index (χ0v) is 21.8. The molecule has 3 amide bonds. The number of imide groups is 1. The summed E-state index contributed by atoms with van der Waals surface area (Å²) in [4.78, 5) is 32.0. The van der Waals surface area contributed by atoms with E-state index >= 15 is 0 Å². The predicted molar refractivity (Wildman–Crippen MR) is 138 cm³/mol. The molecular formula is C22H21BrCl2N6O5. The summed E-state index contributed by atoms with van der Waals surface area (Å²) < 4.78 is 6.35. The molecule has 2 aliphatic rings. The lowest BCUT2D eigenvalue weighted by molar-refractivity contribution is -0.127. The van der Waals surface area contributed by atoms with Crippen molar-refractivity contribution in [3.63, 3.8) is 0 Å². The van der Waals surface area contributed by atoms with Crippen molar-refractivity contribution in [1.29, 1.82) is 0 Å². The van der Waals surface area contributed by atoms with Gasteiger partial charge in [-0.05, 0) is 36.4 Å². The van der Waals surface area contributed by atoms with Crippen molar-refractivity contribution < 1.29 is 24.5 Å². The SMILES string of the molecule is CN1C(=O)NC(=O)C2C1N=C(N/N=C\c1cc(Br)ccc1O)N2CC(O)COc1ccc(Cl)cc1Cl. The quantitative estimate of drug-likeness (QED) is 0.283. The summed E-state index contributed by atoms with van der Waals surface area (Å²) in [5.74, 6) is -0.0616. The number of aliphatic hydroxyl groups excluding tert-OH is 1. The maximum absolute atomic E-state index is 12.7. The predicted octanol–water partition coefficient (Wildman–Crippen LogP) is 2.37. The number of aliphatic hydroxyl groups is 1. The number of β-amino-alcohol motifs (C(OH)–C–C–N with tert-alkyl or cyclic N) is 1. The van der Waals surface area contributed by atoms with Crippen molar-refractivity contribution in [1.82, 2.24) is 20.5 Å². The van der Waals surface area contributed by atoms with Gasteiger partial charge in [0.25, 0.3) is 5.91 Å². The molecule has 0 radical (unpaired) electrons. The lowest BCUT2D eigenvalue weighted by atomic mass is 10.1. The van der Waals surface area contributed by atoms with Crippen molar-refractivity contribution in [2.24, 2.45) is 10.1 Å². The monoisotopic (exact) mass is 598 g/mol. The number of ether oxygens (including phenoxy) is 1. The number of halogens is 3. The van der Waals surface area contributed by atoms with Crippen LogP contribution in [0.25, 0.3) is 0 Å². The Bertz CT molecular complexity index is 1250. The Morgan fingerprint density at radius 2 is 2.08 bits per heavy atom. The molecule has 4 rings (SSSR count). The summed E-state index contributed by atoms with van der Waals surface area (Å²) in [6, 6.07) is 8.07. The zero-order chi connectivity index (χ0) is 26.0. The third-order valence-electron chi connectivity index (χ3n) is 5.45. The van der Waals surface area contributed by atoms with E-state index in [1.165, 1.54) is 35.2 Å². The zero-order valence-electron chi connectivity index (χ0n) is 18.7. The van der Waals surface area contributed by atoms with Crippen LogP contribution in [0.3, 0.4) is 0 Å². The summed E-state index contributed by atoms with van der Waals surface area (Å²) in [7, 11) is 1.51. The van der Waals surface area contributed by atoms with Crippen LogP contribution in [0.15, 0.2) is 51.0 Å². The molecule has 0 bridgehead atoms. The molecule has 1 saturated heterocycles. The second-order valence-electron chi connectivity index (χ2n) is 7.98. The highest BCUT2D eigenvalue weighted by Crippen LogP contribution is 2.28. The van der Waals surface area contributed by atoms with Crippen LogP contribution >= 0.6 is 39.1 Å². The molecule has 0 spiro atoms. The van der Waals surface area contributed by atoms with Crippen LogP contribution in [0.2, 0.25) is 10.0 Å². The van der Waals surface area contributed by atoms with Crippen molar-refractivity contribution in [2.45, 2.75) is 18.3 Å². The van der Waals surface area contributed by atoms with Gasteiger partial charge in [0.05, 0.1) is 17.8 Å². The standard InChI is InChI=1S/C22H21BrCl2N6O5/c1-30-19-18(20(34)28-22(30)35)31(9-14(32)10-36-17-5-3-13(24)7-15(17)25)21(27-19)29-26-8-11-6-12(23)2-4-16(11)33/h2-8,14,18-19,32-33H,9-10H2,1H3,(H,27,29)(H,28,34,35)/b26-8-. The van der Waals surface area contributed by atoms with Gasteiger partial charge < -0.3 is 24.7 Å². The first kappa shape index (κ1) is 26.0. The van der Waals surface area contributed by atoms with E-state index in [-0.39, 0.29) is 29.9 Å². The van der Waals surface area contributed by atoms with E-state index < -0.39 is 30.2 Å². The number of nitrogens with one attached hydrogen (secondary N) is 2. The van der Waals surface area contributed by atoms with Crippen LogP contribution < -0.4 is 15.5 Å². The van der Waals surface area contributed by atoms with Crippen molar-refractivity contribution in [3.8, 4) is 11.5 Å². The molecule has 3 unspecified atom stereocenters. The van der Waals surface area contributed by atoms with Gasteiger partial charge in [-0.15, -0.1) is 0 Å². The maximum atomic E-state index is 12.7. The Morgan fingerprint density at radius 3 is 2.83 bits per heavy atom. The maximum Gasteiger partial charge on any atom is 0.325 e. The van der Waals surface area contributed by atoms with Gasteiger partial charge in [-0.1, -0.05) is 39.1 Å². The van der Waals surface area contributed by atoms with E-state index in [9.17, 15) is 19.8 Å². The fraction of sp³-hybridized carbons (Fsp3) is 0.273. The van der Waals surface area contributed by atoms with Crippen LogP contribution in [-0.4, -0.2) is 82.6 Å². The van der Waals surface area contributed by atoms with Crippen molar-refractivity contribution in [3.05, 3.63) is 56.5 Å². The number of rotatable bonds is 7. The fourth-order valence-corrected chi connectivity index (χ4v) is 4.51. The number of phenolic OH excluding ortho intramolecular Hbond substituents is 1. The van der Waals surface area contributed by atoms with Gasteiger partial charge in [-0.25, -0.2) is 15.2 Å². The minimum atomic E-state index is -1.07. The number of hydrazone groups is 1. The Kier molecular flexibility index (Phi) is 7.88. The van der Waals surface area contributed by atoms with Crippen LogP contribution in [0.5, 0.6) is 11.5 Å². The largest absolute Gasteiger partial charge is 0.507 e. The van der Waals surface area contributed by atoms with Crippen molar-refractivity contribution in [2.75, 3.05) is 20.2 Å². The lowest BCUT2D eigenvalue weighted by Crippen LogP contribution is -2.64. The fourth-order valence-electron chi connectivity index (χ4n) is 3.67. The van der Waals surface area contributed by atoms with Crippen LogP contribution in [0, 0.1) is 0 Å². The second kappa shape index (κ2) is 10.9. The third kappa shape index (κ3) is 5.67. The minimum absolute atomic E-state index is 0.0146. The van der Waals surface area contributed by atoms with Crippen molar-refractivity contribution >= 4 is 63.2 Å². The molecule has 2 heterocycles. The van der Waals surface area contributed by atoms with E-state index in [0.717, 1.165) is 4.47 Å². The molecule has 0 aromatic heterocycles. The highest BCUT2D eigenvalue weighted by Gasteiger charge is 2.49. The average Bonchev–Trinajstić information content (AvgIpc) is 3.18. The Balaban J connectivity index is 1.50. The molecule has 14 heteroatoms. The number of hydrogen-bond acceptors (Lipinski definition) is 9. The number of aromatic hydroxyl groups is 1. The number of fused-ring (bicyclic) bond motifs is 1. The Hall–Kier alpha value is -3.06. The smallest absolute Gasteiger partial charge is 0.325 e. The van der Waals surface area contributed by atoms with E-state index in [0.29, 0.717) is 16.3 Å². The Morgan fingerprint density at radius 1 is 1.31 bits per heavy atom. The number of carbonyl (C=O) groups is 2. The van der Waals surface area contributed by atoms with Gasteiger partial charge in [0.2, 0.25) is 5.96 Å². The third-order valence-corrected chi connectivity index (χ3v) is 6.47. The molecule has 0 aliphatic carbocycles. The van der Waals surface area contributed by atoms with Gasteiger partial charge in [0.15, 0.2) is 12.2 Å². The van der Waals surface area contributed by atoms with Gasteiger partial charge in [0, 0.05) is 22.1 Å². The topological polar surface area (TPSA) is 139 Å². The summed E-state index contributed by atoms with van der Waals surface area (Å²) >= 11 is 15.3. The van der Waals surface area contributed by atoms with E-state index in [4.69, 9.17) is 27.9 Å². The number of urea groups is 1. The molecule has 4 N–H and O–H groups in total.